The number of nitrogens with two attached hydrogens (primary N) is 1. The molecular formula is C12H12FNOS. The van der Waals surface area contributed by atoms with Crippen LogP contribution in [0, 0.1) is 5.82 Å². The minimum atomic E-state index is -0.435. The van der Waals surface area contributed by atoms with Crippen LogP contribution < -0.4 is 10.5 Å². The quantitative estimate of drug-likeness (QED) is 0.890. The van der Waals surface area contributed by atoms with Gasteiger partial charge in [0, 0.05) is 10.4 Å². The van der Waals surface area contributed by atoms with Crippen LogP contribution in [0.2, 0.25) is 0 Å². The lowest BCUT2D eigenvalue weighted by atomic mass is 10.1. The fourth-order valence-electron chi connectivity index (χ4n) is 1.51. The van der Waals surface area contributed by atoms with Crippen molar-refractivity contribution in [2.24, 2.45) is 5.73 Å². The lowest BCUT2D eigenvalue weighted by Crippen LogP contribution is -2.12. The third-order valence-electron chi connectivity index (χ3n) is 2.39. The summed E-state index contributed by atoms with van der Waals surface area (Å²) in [4.78, 5) is 0.937. The van der Waals surface area contributed by atoms with E-state index in [0.29, 0.717) is 11.3 Å². The minimum Gasteiger partial charge on any atom is -0.497 e. The molecule has 1 aromatic carbocycles. The van der Waals surface area contributed by atoms with E-state index in [1.165, 1.54) is 17.4 Å². The lowest BCUT2D eigenvalue weighted by Gasteiger charge is -2.12. The van der Waals surface area contributed by atoms with Gasteiger partial charge in [-0.05, 0) is 29.6 Å². The van der Waals surface area contributed by atoms with Gasteiger partial charge in [0.05, 0.1) is 13.2 Å². The molecule has 0 saturated heterocycles. The van der Waals surface area contributed by atoms with E-state index in [1.54, 1.807) is 19.2 Å². The standard InChI is InChI=1S/C12H12FNOS/c1-15-8-4-5-10(13)9(7-8)12(14)11-3-2-6-16-11/h2-7,12H,14H2,1H3/t12-/m1/s1. The smallest absolute Gasteiger partial charge is 0.128 e. The van der Waals surface area contributed by atoms with Crippen molar-refractivity contribution in [2.45, 2.75) is 6.04 Å². The molecular weight excluding hydrogens is 225 g/mol. The predicted octanol–water partition coefficient (Wildman–Crippen LogP) is 2.94. The third kappa shape index (κ3) is 2.08. The van der Waals surface area contributed by atoms with Crippen molar-refractivity contribution in [3.8, 4) is 5.75 Å². The molecule has 0 bridgehead atoms. The highest BCUT2D eigenvalue weighted by Gasteiger charge is 2.15. The molecule has 0 saturated carbocycles. The zero-order chi connectivity index (χ0) is 11.5. The summed E-state index contributed by atoms with van der Waals surface area (Å²) in [6.45, 7) is 0. The summed E-state index contributed by atoms with van der Waals surface area (Å²) in [5.74, 6) is 0.310. The number of hydrogen-bond donors (Lipinski definition) is 1. The van der Waals surface area contributed by atoms with Crippen molar-refractivity contribution in [2.75, 3.05) is 7.11 Å². The monoisotopic (exact) mass is 237 g/mol. The number of halogens is 1. The zero-order valence-electron chi connectivity index (χ0n) is 8.81. The van der Waals surface area contributed by atoms with Gasteiger partial charge in [-0.25, -0.2) is 4.39 Å². The molecule has 0 amide bonds. The predicted molar refractivity (Wildman–Crippen MR) is 63.3 cm³/mol. The Morgan fingerprint density at radius 1 is 1.38 bits per heavy atom. The Kier molecular flexibility index (Phi) is 3.22. The van der Waals surface area contributed by atoms with Gasteiger partial charge in [0.2, 0.25) is 0 Å². The van der Waals surface area contributed by atoms with E-state index in [9.17, 15) is 4.39 Å². The third-order valence-corrected chi connectivity index (χ3v) is 3.34. The molecule has 4 heteroatoms. The van der Waals surface area contributed by atoms with Gasteiger partial charge in [0.1, 0.15) is 11.6 Å². The van der Waals surface area contributed by atoms with Gasteiger partial charge < -0.3 is 10.5 Å². The summed E-state index contributed by atoms with van der Waals surface area (Å²) in [7, 11) is 1.55. The van der Waals surface area contributed by atoms with Gasteiger partial charge in [0.25, 0.3) is 0 Å². The second-order valence-corrected chi connectivity index (χ2v) is 4.36. The van der Waals surface area contributed by atoms with Gasteiger partial charge in [-0.1, -0.05) is 6.07 Å². The maximum atomic E-state index is 13.6. The highest BCUT2D eigenvalue weighted by molar-refractivity contribution is 7.10. The molecule has 84 valence electrons. The Morgan fingerprint density at radius 3 is 2.81 bits per heavy atom. The van der Waals surface area contributed by atoms with Gasteiger partial charge >= 0.3 is 0 Å². The SMILES string of the molecule is COc1ccc(F)c([C@@H](N)c2cccs2)c1. The minimum absolute atomic E-state index is 0.304. The highest BCUT2D eigenvalue weighted by Crippen LogP contribution is 2.28. The molecule has 2 rings (SSSR count). The molecule has 2 aromatic rings. The number of methoxy groups -OCH3 is 1. The van der Waals surface area contributed by atoms with E-state index in [1.807, 2.05) is 17.5 Å². The Hall–Kier alpha value is -1.39. The van der Waals surface area contributed by atoms with E-state index in [0.717, 1.165) is 4.88 Å². The lowest BCUT2D eigenvalue weighted by molar-refractivity contribution is 0.412. The van der Waals surface area contributed by atoms with Crippen molar-refractivity contribution >= 4 is 11.3 Å². The highest BCUT2D eigenvalue weighted by atomic mass is 32.1. The second-order valence-electron chi connectivity index (χ2n) is 3.38. The maximum Gasteiger partial charge on any atom is 0.128 e. The molecule has 0 spiro atoms. The molecule has 1 atom stereocenters. The number of ether oxygens (including phenoxy) is 1. The van der Waals surface area contributed by atoms with Gasteiger partial charge in [-0.2, -0.15) is 0 Å². The van der Waals surface area contributed by atoms with Crippen LogP contribution in [0.4, 0.5) is 4.39 Å². The average Bonchev–Trinajstić information content (AvgIpc) is 2.82. The molecule has 0 fully saturated rings. The fourth-order valence-corrected chi connectivity index (χ4v) is 2.25. The first-order valence-electron chi connectivity index (χ1n) is 4.85. The van der Waals surface area contributed by atoms with Crippen LogP contribution in [0.25, 0.3) is 0 Å². The molecule has 2 N–H and O–H groups in total. The average molecular weight is 237 g/mol. The Bertz CT molecular complexity index is 470. The van der Waals surface area contributed by atoms with Crippen LogP contribution in [0.15, 0.2) is 35.7 Å². The number of thiophene rings is 1. The van der Waals surface area contributed by atoms with Crippen LogP contribution >= 0.6 is 11.3 Å². The Morgan fingerprint density at radius 2 is 2.19 bits per heavy atom. The van der Waals surface area contributed by atoms with Crippen LogP contribution in [0.5, 0.6) is 5.75 Å². The summed E-state index contributed by atoms with van der Waals surface area (Å²) in [6, 6.07) is 7.96. The first-order chi connectivity index (χ1) is 7.72. The zero-order valence-corrected chi connectivity index (χ0v) is 9.63. The summed E-state index contributed by atoms with van der Waals surface area (Å²) in [5.41, 5.74) is 6.46. The summed E-state index contributed by atoms with van der Waals surface area (Å²) in [5, 5.41) is 1.92. The summed E-state index contributed by atoms with van der Waals surface area (Å²) < 4.78 is 18.7. The molecule has 1 aromatic heterocycles. The van der Waals surface area contributed by atoms with E-state index in [2.05, 4.69) is 0 Å². The molecule has 0 aliphatic heterocycles. The number of hydrogen-bond acceptors (Lipinski definition) is 3. The first-order valence-corrected chi connectivity index (χ1v) is 5.72. The molecule has 0 aliphatic carbocycles. The van der Waals surface area contributed by atoms with Crippen LogP contribution in [-0.4, -0.2) is 7.11 Å². The van der Waals surface area contributed by atoms with Gasteiger partial charge in [-0.15, -0.1) is 11.3 Å². The van der Waals surface area contributed by atoms with Gasteiger partial charge in [-0.3, -0.25) is 0 Å². The molecule has 0 unspecified atom stereocenters. The van der Waals surface area contributed by atoms with Crippen molar-refractivity contribution in [1.29, 1.82) is 0 Å². The topological polar surface area (TPSA) is 35.2 Å². The van der Waals surface area contributed by atoms with Crippen molar-refractivity contribution < 1.29 is 9.13 Å². The van der Waals surface area contributed by atoms with Crippen LogP contribution in [0.3, 0.4) is 0 Å². The van der Waals surface area contributed by atoms with E-state index in [-0.39, 0.29) is 5.82 Å². The van der Waals surface area contributed by atoms with Crippen LogP contribution in [0.1, 0.15) is 16.5 Å². The first kappa shape index (κ1) is 11.1. The van der Waals surface area contributed by atoms with Crippen molar-refractivity contribution in [3.05, 3.63) is 52.0 Å². The fraction of sp³-hybridized carbons (Fsp3) is 0.167. The normalized spacial score (nSPS) is 12.4. The van der Waals surface area contributed by atoms with E-state index >= 15 is 0 Å². The Balaban J connectivity index is 2.39. The molecule has 0 aliphatic rings. The van der Waals surface area contributed by atoms with Crippen molar-refractivity contribution in [3.63, 3.8) is 0 Å². The molecule has 1 heterocycles. The van der Waals surface area contributed by atoms with Crippen molar-refractivity contribution in [1.82, 2.24) is 0 Å². The maximum absolute atomic E-state index is 13.6. The largest absolute Gasteiger partial charge is 0.497 e. The number of benzene rings is 1. The molecule has 2 nitrogen and oxygen atoms in total. The van der Waals surface area contributed by atoms with E-state index in [4.69, 9.17) is 10.5 Å². The summed E-state index contributed by atoms with van der Waals surface area (Å²) >= 11 is 1.52. The van der Waals surface area contributed by atoms with Crippen LogP contribution in [-0.2, 0) is 0 Å². The Labute approximate surface area is 97.5 Å². The van der Waals surface area contributed by atoms with Gasteiger partial charge in [0.15, 0.2) is 0 Å². The molecule has 0 radical (unpaired) electrons. The second kappa shape index (κ2) is 4.63. The summed E-state index contributed by atoms with van der Waals surface area (Å²) in [6.07, 6.45) is 0. The number of rotatable bonds is 3. The molecule has 16 heavy (non-hydrogen) atoms. The van der Waals surface area contributed by atoms with E-state index < -0.39 is 6.04 Å².